The first-order valence-electron chi connectivity index (χ1n) is 5.52. The van der Waals surface area contributed by atoms with E-state index in [1.807, 2.05) is 30.3 Å². The molecule has 0 radical (unpaired) electrons. The van der Waals surface area contributed by atoms with Gasteiger partial charge in [0.05, 0.1) is 0 Å². The Labute approximate surface area is 99.6 Å². The maximum atomic E-state index is 11.1. The number of benzene rings is 1. The topological polar surface area (TPSA) is 43.1 Å². The van der Waals surface area contributed by atoms with E-state index in [4.69, 9.17) is 11.6 Å². The smallest absolute Gasteiger partial charge is 0.236 e. The number of alkyl halides is 1. The molecule has 0 aliphatic heterocycles. The fourth-order valence-corrected chi connectivity index (χ4v) is 2.89. The summed E-state index contributed by atoms with van der Waals surface area (Å²) in [5.41, 5.74) is 0.873. The van der Waals surface area contributed by atoms with Gasteiger partial charge in [-0.15, -0.1) is 11.6 Å². The molecule has 1 aromatic carbocycles. The van der Waals surface area contributed by atoms with Crippen molar-refractivity contribution in [2.75, 3.05) is 0 Å². The van der Waals surface area contributed by atoms with Crippen molar-refractivity contribution in [2.24, 2.45) is 0 Å². The van der Waals surface area contributed by atoms with Crippen LogP contribution in [0.2, 0.25) is 0 Å². The van der Waals surface area contributed by atoms with Crippen molar-refractivity contribution in [3.8, 4) is 0 Å². The maximum Gasteiger partial charge on any atom is 0.236 e. The average Bonchev–Trinajstić information content (AvgIpc) is 2.30. The second kappa shape index (κ2) is 4.42. The molecule has 3 nitrogen and oxygen atoms in total. The largest absolute Gasteiger partial charge is 0.264 e. The van der Waals surface area contributed by atoms with Crippen LogP contribution in [-0.2, 0) is 4.87 Å². The molecule has 0 aromatic heterocycles. The van der Waals surface area contributed by atoms with Gasteiger partial charge >= 0.3 is 0 Å². The SMILES string of the molecule is O=[N+]([O-])[C@@H]1CCCC[C@@]1(Cl)c1ccccc1. The van der Waals surface area contributed by atoms with Crippen molar-refractivity contribution in [3.63, 3.8) is 0 Å². The molecule has 2 rings (SSSR count). The number of hydrogen-bond acceptors (Lipinski definition) is 2. The molecule has 0 N–H and O–H groups in total. The molecule has 0 spiro atoms. The lowest BCUT2D eigenvalue weighted by Gasteiger charge is -2.33. The normalized spacial score (nSPS) is 29.9. The molecule has 1 fully saturated rings. The number of rotatable bonds is 2. The minimum Gasteiger partial charge on any atom is -0.264 e. The van der Waals surface area contributed by atoms with Gasteiger partial charge in [-0.2, -0.15) is 0 Å². The molecule has 2 atom stereocenters. The highest BCUT2D eigenvalue weighted by Crippen LogP contribution is 2.44. The quantitative estimate of drug-likeness (QED) is 0.451. The maximum absolute atomic E-state index is 11.1. The summed E-state index contributed by atoms with van der Waals surface area (Å²) >= 11 is 6.52. The van der Waals surface area contributed by atoms with Gasteiger partial charge in [0, 0.05) is 11.3 Å². The third-order valence-electron chi connectivity index (χ3n) is 3.30. The Bertz CT molecular complexity index is 382. The Morgan fingerprint density at radius 1 is 1.31 bits per heavy atom. The van der Waals surface area contributed by atoms with Crippen molar-refractivity contribution >= 4 is 11.6 Å². The molecule has 0 saturated heterocycles. The zero-order chi connectivity index (χ0) is 11.6. The van der Waals surface area contributed by atoms with Crippen molar-refractivity contribution in [1.29, 1.82) is 0 Å². The van der Waals surface area contributed by atoms with Crippen LogP contribution in [-0.4, -0.2) is 11.0 Å². The van der Waals surface area contributed by atoms with E-state index in [0.717, 1.165) is 18.4 Å². The Balaban J connectivity index is 2.37. The monoisotopic (exact) mass is 239 g/mol. The third kappa shape index (κ3) is 1.92. The van der Waals surface area contributed by atoms with E-state index in [9.17, 15) is 10.1 Å². The first-order valence-corrected chi connectivity index (χ1v) is 5.90. The van der Waals surface area contributed by atoms with E-state index in [0.29, 0.717) is 12.8 Å². The van der Waals surface area contributed by atoms with E-state index >= 15 is 0 Å². The molecule has 86 valence electrons. The van der Waals surface area contributed by atoms with E-state index in [1.54, 1.807) is 0 Å². The summed E-state index contributed by atoms with van der Waals surface area (Å²) in [6, 6.07) is 8.76. The second-order valence-corrected chi connectivity index (χ2v) is 4.95. The van der Waals surface area contributed by atoms with Crippen LogP contribution in [0.4, 0.5) is 0 Å². The van der Waals surface area contributed by atoms with Crippen LogP contribution in [0.5, 0.6) is 0 Å². The molecule has 0 heterocycles. The van der Waals surface area contributed by atoms with Crippen LogP contribution in [0.25, 0.3) is 0 Å². The number of nitro groups is 1. The summed E-state index contributed by atoms with van der Waals surface area (Å²) in [5, 5.41) is 11.1. The van der Waals surface area contributed by atoms with Crippen LogP contribution in [0.15, 0.2) is 30.3 Å². The van der Waals surface area contributed by atoms with Crippen LogP contribution >= 0.6 is 11.6 Å². The molecule has 0 amide bonds. The van der Waals surface area contributed by atoms with Gasteiger partial charge in [0.2, 0.25) is 6.04 Å². The summed E-state index contributed by atoms with van der Waals surface area (Å²) in [7, 11) is 0. The lowest BCUT2D eigenvalue weighted by molar-refractivity contribution is -0.533. The lowest BCUT2D eigenvalue weighted by Crippen LogP contribution is -2.42. The minimum atomic E-state index is -0.816. The van der Waals surface area contributed by atoms with Crippen LogP contribution in [0, 0.1) is 10.1 Å². The molecule has 1 saturated carbocycles. The lowest BCUT2D eigenvalue weighted by atomic mass is 9.79. The molecule has 1 aliphatic rings. The number of halogens is 1. The molecule has 0 bridgehead atoms. The third-order valence-corrected chi connectivity index (χ3v) is 3.96. The molecule has 0 unspecified atom stereocenters. The molecule has 1 aromatic rings. The average molecular weight is 240 g/mol. The predicted molar refractivity (Wildman–Crippen MR) is 63.2 cm³/mol. The highest BCUT2D eigenvalue weighted by Gasteiger charge is 2.48. The Hall–Kier alpha value is -1.09. The highest BCUT2D eigenvalue weighted by atomic mass is 35.5. The Morgan fingerprint density at radius 2 is 2.00 bits per heavy atom. The zero-order valence-corrected chi connectivity index (χ0v) is 9.69. The van der Waals surface area contributed by atoms with E-state index in [-0.39, 0.29) is 4.92 Å². The van der Waals surface area contributed by atoms with Gasteiger partial charge in [-0.1, -0.05) is 36.8 Å². The van der Waals surface area contributed by atoms with E-state index in [2.05, 4.69) is 0 Å². The number of nitrogens with zero attached hydrogens (tertiary/aromatic N) is 1. The van der Waals surface area contributed by atoms with E-state index < -0.39 is 10.9 Å². The Kier molecular flexibility index (Phi) is 3.15. The number of hydrogen-bond donors (Lipinski definition) is 0. The second-order valence-electron chi connectivity index (χ2n) is 4.28. The fourth-order valence-electron chi connectivity index (χ4n) is 2.44. The van der Waals surface area contributed by atoms with Gasteiger partial charge in [-0.25, -0.2) is 0 Å². The van der Waals surface area contributed by atoms with Crippen LogP contribution < -0.4 is 0 Å². The summed E-state index contributed by atoms with van der Waals surface area (Å²) < 4.78 is 0. The van der Waals surface area contributed by atoms with Gasteiger partial charge in [0.1, 0.15) is 4.87 Å². The summed E-state index contributed by atoms with van der Waals surface area (Å²) in [4.78, 5) is 10.0. The van der Waals surface area contributed by atoms with Gasteiger partial charge in [0.25, 0.3) is 0 Å². The minimum absolute atomic E-state index is 0.223. The molecule has 1 aliphatic carbocycles. The Morgan fingerprint density at radius 3 is 2.62 bits per heavy atom. The zero-order valence-electron chi connectivity index (χ0n) is 8.93. The van der Waals surface area contributed by atoms with Gasteiger partial charge in [0.15, 0.2) is 0 Å². The molecule has 16 heavy (non-hydrogen) atoms. The van der Waals surface area contributed by atoms with Crippen LogP contribution in [0.1, 0.15) is 31.2 Å². The van der Waals surface area contributed by atoms with Crippen molar-refractivity contribution in [1.82, 2.24) is 0 Å². The van der Waals surface area contributed by atoms with Crippen molar-refractivity contribution in [3.05, 3.63) is 46.0 Å². The fraction of sp³-hybridized carbons (Fsp3) is 0.500. The van der Waals surface area contributed by atoms with Gasteiger partial charge < -0.3 is 0 Å². The molecular formula is C12H14ClNO2. The van der Waals surface area contributed by atoms with Crippen molar-refractivity contribution < 1.29 is 4.92 Å². The van der Waals surface area contributed by atoms with Gasteiger partial charge in [-0.05, 0) is 18.4 Å². The van der Waals surface area contributed by atoms with Crippen LogP contribution in [0.3, 0.4) is 0 Å². The predicted octanol–water partition coefficient (Wildman–Crippen LogP) is 3.34. The highest BCUT2D eigenvalue weighted by molar-refractivity contribution is 6.24. The van der Waals surface area contributed by atoms with E-state index in [1.165, 1.54) is 0 Å². The summed E-state index contributed by atoms with van der Waals surface area (Å²) in [6.45, 7) is 0. The summed E-state index contributed by atoms with van der Waals surface area (Å²) in [5.74, 6) is 0. The first kappa shape index (κ1) is 11.4. The first-order chi connectivity index (χ1) is 7.64. The molecule has 4 heteroatoms. The van der Waals surface area contributed by atoms with Crippen molar-refractivity contribution in [2.45, 2.75) is 36.6 Å². The van der Waals surface area contributed by atoms with Gasteiger partial charge in [-0.3, -0.25) is 10.1 Å². The summed E-state index contributed by atoms with van der Waals surface area (Å²) in [6.07, 6.45) is 3.12. The molecular weight excluding hydrogens is 226 g/mol. The standard InChI is InChI=1S/C12H14ClNO2/c13-12(10-6-2-1-3-7-10)9-5-4-8-11(12)14(15)16/h1-3,6-7,11H,4-5,8-9H2/t11-,12-/m1/s1.